The van der Waals surface area contributed by atoms with Crippen LogP contribution in [0.4, 0.5) is 0 Å². The molecule has 0 aromatic carbocycles. The maximum absolute atomic E-state index is 12.7. The average Bonchev–Trinajstić information content (AvgIpc) is 3.16. The highest BCUT2D eigenvalue weighted by molar-refractivity contribution is 5.94. The average molecular weight is 331 g/mol. The molecular weight excluding hydrogens is 310 g/mol. The fraction of sp³-hybridized carbons (Fsp3) is 0.500. The van der Waals surface area contributed by atoms with E-state index in [1.165, 1.54) is 0 Å². The van der Waals surface area contributed by atoms with Crippen LogP contribution in [-0.4, -0.2) is 60.7 Å². The van der Waals surface area contributed by atoms with Gasteiger partial charge in [0.25, 0.3) is 5.91 Å². The summed E-state index contributed by atoms with van der Waals surface area (Å²) in [5.41, 5.74) is -0.487. The molecule has 2 aromatic heterocycles. The smallest absolute Gasteiger partial charge is 0.254 e. The first-order chi connectivity index (χ1) is 11.5. The van der Waals surface area contributed by atoms with Crippen LogP contribution in [0.25, 0.3) is 0 Å². The van der Waals surface area contributed by atoms with Crippen LogP contribution in [0.3, 0.4) is 0 Å². The van der Waals surface area contributed by atoms with E-state index < -0.39 is 5.60 Å². The molecule has 1 fully saturated rings. The molecule has 1 saturated heterocycles. The number of rotatable bonds is 5. The van der Waals surface area contributed by atoms with Crippen molar-refractivity contribution in [3.05, 3.63) is 36.3 Å². The minimum Gasteiger partial charge on any atom is -0.475 e. The molecule has 1 unspecified atom stereocenters. The summed E-state index contributed by atoms with van der Waals surface area (Å²) in [5, 5.41) is 18.3. The molecule has 0 spiro atoms. The molecule has 3 rings (SSSR count). The summed E-state index contributed by atoms with van der Waals surface area (Å²) in [6, 6.07) is 3.29. The number of carbonyl (C=O) groups excluding carboxylic acids is 1. The zero-order valence-electron chi connectivity index (χ0n) is 13.8. The summed E-state index contributed by atoms with van der Waals surface area (Å²) < 4.78 is 7.11. The van der Waals surface area contributed by atoms with Crippen LogP contribution in [0.5, 0.6) is 5.88 Å². The van der Waals surface area contributed by atoms with Gasteiger partial charge in [0.05, 0.1) is 25.4 Å². The molecule has 8 heteroatoms. The van der Waals surface area contributed by atoms with Crippen molar-refractivity contribution in [3.63, 3.8) is 0 Å². The summed E-state index contributed by atoms with van der Waals surface area (Å²) in [7, 11) is 0. The van der Waals surface area contributed by atoms with Gasteiger partial charge in [-0.25, -0.2) is 9.67 Å². The first kappa shape index (κ1) is 16.4. The monoisotopic (exact) mass is 331 g/mol. The van der Waals surface area contributed by atoms with E-state index in [0.29, 0.717) is 31.0 Å². The van der Waals surface area contributed by atoms with Gasteiger partial charge >= 0.3 is 0 Å². The van der Waals surface area contributed by atoms with Crippen molar-refractivity contribution in [2.45, 2.75) is 38.5 Å². The van der Waals surface area contributed by atoms with Gasteiger partial charge in [-0.05, 0) is 26.3 Å². The largest absolute Gasteiger partial charge is 0.475 e. The van der Waals surface area contributed by atoms with Gasteiger partial charge in [0.1, 0.15) is 5.60 Å². The highest BCUT2D eigenvalue weighted by atomic mass is 16.5. The van der Waals surface area contributed by atoms with E-state index in [-0.39, 0.29) is 18.6 Å². The third-order valence-corrected chi connectivity index (χ3v) is 3.89. The number of likely N-dealkylation sites (tertiary alicyclic amines) is 1. The topological polar surface area (TPSA) is 93.4 Å². The normalized spacial score (nSPS) is 20.6. The lowest BCUT2D eigenvalue weighted by Crippen LogP contribution is -2.39. The summed E-state index contributed by atoms with van der Waals surface area (Å²) in [5.74, 6) is 0.286. The number of nitrogens with zero attached hydrogens (tertiary/aromatic N) is 5. The van der Waals surface area contributed by atoms with E-state index in [1.54, 1.807) is 40.3 Å². The Kier molecular flexibility index (Phi) is 4.48. The van der Waals surface area contributed by atoms with E-state index in [4.69, 9.17) is 4.74 Å². The zero-order valence-corrected chi connectivity index (χ0v) is 13.8. The second kappa shape index (κ2) is 6.56. The van der Waals surface area contributed by atoms with Crippen LogP contribution in [0.2, 0.25) is 0 Å². The molecule has 0 saturated carbocycles. The molecule has 0 bridgehead atoms. The SMILES string of the molecule is CC(C)Oc1cc(C(=O)N2CCC(O)(Cn3ccnn3)C2)ccn1. The van der Waals surface area contributed by atoms with Crippen LogP contribution >= 0.6 is 0 Å². The molecule has 0 radical (unpaired) electrons. The highest BCUT2D eigenvalue weighted by Gasteiger charge is 2.39. The third-order valence-electron chi connectivity index (χ3n) is 3.89. The number of carbonyl (C=O) groups is 1. The van der Waals surface area contributed by atoms with Gasteiger partial charge in [-0.3, -0.25) is 4.79 Å². The number of hydrogen-bond donors (Lipinski definition) is 1. The Bertz CT molecular complexity index is 703. The lowest BCUT2D eigenvalue weighted by molar-refractivity contribution is 0.0267. The number of amides is 1. The maximum Gasteiger partial charge on any atom is 0.254 e. The van der Waals surface area contributed by atoms with Gasteiger partial charge < -0.3 is 14.7 Å². The van der Waals surface area contributed by atoms with Crippen molar-refractivity contribution >= 4 is 5.91 Å². The molecule has 128 valence electrons. The molecule has 1 atom stereocenters. The van der Waals surface area contributed by atoms with Crippen LogP contribution in [0, 0.1) is 0 Å². The van der Waals surface area contributed by atoms with E-state index in [1.807, 2.05) is 13.8 Å². The molecule has 8 nitrogen and oxygen atoms in total. The van der Waals surface area contributed by atoms with Crippen molar-refractivity contribution in [2.24, 2.45) is 0 Å². The van der Waals surface area contributed by atoms with Crippen molar-refractivity contribution in [3.8, 4) is 5.88 Å². The van der Waals surface area contributed by atoms with Crippen LogP contribution in [0.15, 0.2) is 30.7 Å². The number of pyridine rings is 1. The second-order valence-corrected chi connectivity index (χ2v) is 6.35. The number of ether oxygens (including phenoxy) is 1. The Balaban J connectivity index is 1.68. The Hall–Kier alpha value is -2.48. The highest BCUT2D eigenvalue weighted by Crippen LogP contribution is 2.25. The minimum absolute atomic E-state index is 0.0117. The number of aliphatic hydroxyl groups is 1. The Morgan fingerprint density at radius 2 is 2.29 bits per heavy atom. The molecule has 0 aliphatic carbocycles. The van der Waals surface area contributed by atoms with E-state index in [0.717, 1.165) is 0 Å². The summed E-state index contributed by atoms with van der Waals surface area (Å²) in [6.07, 6.45) is 5.30. The fourth-order valence-electron chi connectivity index (χ4n) is 2.81. The van der Waals surface area contributed by atoms with Gasteiger partial charge in [0.15, 0.2) is 0 Å². The van der Waals surface area contributed by atoms with Gasteiger partial charge in [-0.1, -0.05) is 5.21 Å². The molecule has 1 aliphatic rings. The minimum atomic E-state index is -0.992. The van der Waals surface area contributed by atoms with E-state index >= 15 is 0 Å². The number of aromatic nitrogens is 4. The number of β-amino-alcohol motifs (C(OH)–C–C–N with tert-alkyl or cyclic N) is 1. The van der Waals surface area contributed by atoms with Crippen molar-refractivity contribution in [1.82, 2.24) is 24.9 Å². The van der Waals surface area contributed by atoms with Gasteiger partial charge in [-0.2, -0.15) is 0 Å². The molecule has 1 N–H and O–H groups in total. The lowest BCUT2D eigenvalue weighted by Gasteiger charge is -2.23. The summed E-state index contributed by atoms with van der Waals surface area (Å²) >= 11 is 0. The van der Waals surface area contributed by atoms with Gasteiger partial charge in [-0.15, -0.1) is 5.10 Å². The molecule has 1 amide bonds. The lowest BCUT2D eigenvalue weighted by atomic mass is 10.0. The molecule has 24 heavy (non-hydrogen) atoms. The summed E-state index contributed by atoms with van der Waals surface area (Å²) in [4.78, 5) is 18.4. The molecule has 1 aliphatic heterocycles. The van der Waals surface area contributed by atoms with E-state index in [2.05, 4.69) is 15.3 Å². The Morgan fingerprint density at radius 1 is 1.46 bits per heavy atom. The first-order valence-electron chi connectivity index (χ1n) is 7.94. The van der Waals surface area contributed by atoms with Crippen molar-refractivity contribution in [2.75, 3.05) is 13.1 Å². The third kappa shape index (κ3) is 3.70. The van der Waals surface area contributed by atoms with Crippen LogP contribution in [0.1, 0.15) is 30.6 Å². The number of hydrogen-bond acceptors (Lipinski definition) is 6. The van der Waals surface area contributed by atoms with Crippen LogP contribution in [-0.2, 0) is 6.54 Å². The molecule has 2 aromatic rings. The van der Waals surface area contributed by atoms with E-state index in [9.17, 15) is 9.90 Å². The van der Waals surface area contributed by atoms with Crippen LogP contribution < -0.4 is 4.74 Å². The molecular formula is C16H21N5O3. The second-order valence-electron chi connectivity index (χ2n) is 6.35. The first-order valence-corrected chi connectivity index (χ1v) is 7.94. The Morgan fingerprint density at radius 3 is 3.00 bits per heavy atom. The maximum atomic E-state index is 12.7. The van der Waals surface area contributed by atoms with Gasteiger partial charge in [0.2, 0.25) is 5.88 Å². The predicted octanol–water partition coefficient (Wildman–Crippen LogP) is 0.737. The fourth-order valence-corrected chi connectivity index (χ4v) is 2.81. The summed E-state index contributed by atoms with van der Waals surface area (Å²) in [6.45, 7) is 4.87. The predicted molar refractivity (Wildman–Crippen MR) is 85.5 cm³/mol. The van der Waals surface area contributed by atoms with Gasteiger partial charge in [0, 0.05) is 30.6 Å². The quantitative estimate of drug-likeness (QED) is 0.868. The van der Waals surface area contributed by atoms with Crippen molar-refractivity contribution < 1.29 is 14.6 Å². The molecule has 3 heterocycles. The zero-order chi connectivity index (χ0) is 17.2. The Labute approximate surface area is 140 Å². The standard InChI is InChI=1S/C16H21N5O3/c1-12(2)24-14-9-13(3-5-17-14)15(22)20-7-4-16(23,10-20)11-21-8-6-18-19-21/h3,5-6,8-9,12,23H,4,7,10-11H2,1-2H3. The van der Waals surface area contributed by atoms with Crippen molar-refractivity contribution in [1.29, 1.82) is 0 Å².